The van der Waals surface area contributed by atoms with E-state index in [0.717, 1.165) is 34.2 Å². The van der Waals surface area contributed by atoms with Gasteiger partial charge in [-0.3, -0.25) is 9.59 Å². The number of hydrogen-bond acceptors (Lipinski definition) is 5. The van der Waals surface area contributed by atoms with Crippen LogP contribution in [0.25, 0.3) is 11.1 Å². The third kappa shape index (κ3) is 5.16. The summed E-state index contributed by atoms with van der Waals surface area (Å²) in [7, 11) is 0. The van der Waals surface area contributed by atoms with Crippen molar-refractivity contribution < 1.29 is 19.1 Å². The van der Waals surface area contributed by atoms with Gasteiger partial charge in [0.1, 0.15) is 11.9 Å². The van der Waals surface area contributed by atoms with Gasteiger partial charge in [0.15, 0.2) is 0 Å². The van der Waals surface area contributed by atoms with E-state index in [2.05, 4.69) is 4.98 Å². The Labute approximate surface area is 160 Å². The molecule has 0 unspecified atom stereocenters. The van der Waals surface area contributed by atoms with Crippen LogP contribution in [0.15, 0.2) is 24.3 Å². The second-order valence-electron chi connectivity index (χ2n) is 7.33. The molecule has 0 atom stereocenters. The Kier molecular flexibility index (Phi) is 6.37. The molecule has 0 saturated carbocycles. The molecular weight excluding hydrogens is 342 g/mol. The second kappa shape index (κ2) is 8.33. The highest BCUT2D eigenvalue weighted by molar-refractivity contribution is 5.83. The molecule has 0 bridgehead atoms. The fraction of sp³-hybridized carbons (Fsp3) is 0.409. The predicted octanol–water partition coefficient (Wildman–Crippen LogP) is 4.60. The quantitative estimate of drug-likeness (QED) is 0.527. The summed E-state index contributed by atoms with van der Waals surface area (Å²) in [4.78, 5) is 27.0. The number of aromatic nitrogens is 1. The minimum Gasteiger partial charge on any atom is -0.477 e. The van der Waals surface area contributed by atoms with Crippen LogP contribution in [-0.4, -0.2) is 29.4 Å². The van der Waals surface area contributed by atoms with E-state index in [-0.39, 0.29) is 5.97 Å². The van der Waals surface area contributed by atoms with Gasteiger partial charge in [-0.25, -0.2) is 4.98 Å². The Bertz CT molecular complexity index is 856. The number of pyridine rings is 1. The monoisotopic (exact) mass is 369 g/mol. The molecule has 0 amide bonds. The third-order valence-corrected chi connectivity index (χ3v) is 4.51. The summed E-state index contributed by atoms with van der Waals surface area (Å²) in [6.45, 7) is 11.3. The van der Waals surface area contributed by atoms with Crippen molar-refractivity contribution in [3.05, 3.63) is 46.6 Å². The topological polar surface area (TPSA) is 65.5 Å². The molecule has 0 saturated heterocycles. The molecule has 5 heteroatoms. The van der Waals surface area contributed by atoms with Crippen LogP contribution < -0.4 is 4.74 Å². The van der Waals surface area contributed by atoms with E-state index >= 15 is 0 Å². The summed E-state index contributed by atoms with van der Waals surface area (Å²) in [6.07, 6.45) is 1.44. The van der Waals surface area contributed by atoms with E-state index in [1.54, 1.807) is 0 Å². The van der Waals surface area contributed by atoms with Crippen LogP contribution in [0.3, 0.4) is 0 Å². The van der Waals surface area contributed by atoms with Crippen molar-refractivity contribution >= 4 is 12.3 Å². The molecule has 1 heterocycles. The number of nitrogens with zero attached hydrogens (tertiary/aromatic N) is 1. The van der Waals surface area contributed by atoms with Gasteiger partial charge < -0.3 is 9.47 Å². The molecule has 0 spiro atoms. The van der Waals surface area contributed by atoms with Crippen LogP contribution in [0.2, 0.25) is 0 Å². The lowest BCUT2D eigenvalue weighted by atomic mass is 9.95. The highest BCUT2D eigenvalue weighted by Gasteiger charge is 2.21. The number of carbonyl (C=O) groups excluding carboxylic acids is 2. The average molecular weight is 369 g/mol. The molecule has 27 heavy (non-hydrogen) atoms. The molecule has 5 nitrogen and oxygen atoms in total. The number of benzene rings is 1. The van der Waals surface area contributed by atoms with Crippen molar-refractivity contribution in [2.75, 3.05) is 6.61 Å². The van der Waals surface area contributed by atoms with Crippen LogP contribution in [0, 0.1) is 20.8 Å². The fourth-order valence-electron chi connectivity index (χ4n) is 3.01. The standard InChI is InChI=1S/C22H27NO4/c1-14-12-20(19-9-7-8-18(13-24)15(19)2)16(3)23-21(14)26-11-10-22(5,6)27-17(4)25/h7-9,12-13H,10-11H2,1-6H3. The number of carbonyl (C=O) groups is 2. The zero-order valence-electron chi connectivity index (χ0n) is 16.9. The van der Waals surface area contributed by atoms with E-state index in [0.29, 0.717) is 24.5 Å². The lowest BCUT2D eigenvalue weighted by molar-refractivity contribution is -0.154. The molecule has 0 fully saturated rings. The average Bonchev–Trinajstić information content (AvgIpc) is 2.57. The number of aryl methyl sites for hydroxylation is 2. The Balaban J connectivity index is 2.20. The van der Waals surface area contributed by atoms with E-state index in [1.807, 2.05) is 58.9 Å². The second-order valence-corrected chi connectivity index (χ2v) is 7.33. The van der Waals surface area contributed by atoms with Crippen molar-refractivity contribution in [3.8, 4) is 17.0 Å². The highest BCUT2D eigenvalue weighted by atomic mass is 16.6. The number of rotatable bonds is 7. The van der Waals surface area contributed by atoms with Gasteiger partial charge in [0.05, 0.1) is 6.61 Å². The van der Waals surface area contributed by atoms with Gasteiger partial charge in [0.2, 0.25) is 5.88 Å². The Hall–Kier alpha value is -2.69. The summed E-state index contributed by atoms with van der Waals surface area (Å²) >= 11 is 0. The Morgan fingerprint density at radius 1 is 1.19 bits per heavy atom. The molecular formula is C22H27NO4. The first-order valence-corrected chi connectivity index (χ1v) is 9.00. The van der Waals surface area contributed by atoms with Crippen LogP contribution in [-0.2, 0) is 9.53 Å². The zero-order chi connectivity index (χ0) is 20.2. The maximum atomic E-state index is 11.2. The van der Waals surface area contributed by atoms with Crippen LogP contribution >= 0.6 is 0 Å². The van der Waals surface area contributed by atoms with Gasteiger partial charge in [-0.15, -0.1) is 0 Å². The fourth-order valence-corrected chi connectivity index (χ4v) is 3.01. The van der Waals surface area contributed by atoms with Crippen molar-refractivity contribution in [3.63, 3.8) is 0 Å². The van der Waals surface area contributed by atoms with Gasteiger partial charge in [0.25, 0.3) is 0 Å². The lowest BCUT2D eigenvalue weighted by Gasteiger charge is -2.24. The minimum atomic E-state index is -0.582. The maximum absolute atomic E-state index is 11.2. The molecule has 0 radical (unpaired) electrons. The largest absolute Gasteiger partial charge is 0.477 e. The van der Waals surface area contributed by atoms with Gasteiger partial charge in [-0.05, 0) is 51.8 Å². The van der Waals surface area contributed by atoms with Gasteiger partial charge >= 0.3 is 5.97 Å². The molecule has 0 aliphatic carbocycles. The SMILES string of the molecule is CC(=O)OC(C)(C)CCOc1nc(C)c(-c2cccc(C=O)c2C)cc1C. The molecule has 1 aromatic carbocycles. The van der Waals surface area contributed by atoms with Crippen molar-refractivity contribution in [2.24, 2.45) is 0 Å². The maximum Gasteiger partial charge on any atom is 0.303 e. The van der Waals surface area contributed by atoms with Gasteiger partial charge in [-0.1, -0.05) is 18.2 Å². The van der Waals surface area contributed by atoms with Crippen LogP contribution in [0.4, 0.5) is 0 Å². The summed E-state index contributed by atoms with van der Waals surface area (Å²) in [5.41, 5.74) is 4.77. The lowest BCUT2D eigenvalue weighted by Crippen LogP contribution is -2.29. The first-order chi connectivity index (χ1) is 12.6. The van der Waals surface area contributed by atoms with E-state index < -0.39 is 5.60 Å². The summed E-state index contributed by atoms with van der Waals surface area (Å²) in [5.74, 6) is 0.265. The molecule has 2 rings (SSSR count). The van der Waals surface area contributed by atoms with Crippen LogP contribution in [0.5, 0.6) is 5.88 Å². The Morgan fingerprint density at radius 2 is 1.89 bits per heavy atom. The first-order valence-electron chi connectivity index (χ1n) is 9.00. The molecule has 2 aromatic rings. The highest BCUT2D eigenvalue weighted by Crippen LogP contribution is 2.31. The molecule has 0 aliphatic heterocycles. The molecule has 0 aliphatic rings. The van der Waals surface area contributed by atoms with Gasteiger partial charge in [-0.2, -0.15) is 0 Å². The van der Waals surface area contributed by atoms with Crippen molar-refractivity contribution in [1.82, 2.24) is 4.98 Å². The summed E-state index contributed by atoms with van der Waals surface area (Å²) in [5, 5.41) is 0. The normalized spacial score (nSPS) is 11.2. The summed E-state index contributed by atoms with van der Waals surface area (Å²) in [6, 6.07) is 7.71. The third-order valence-electron chi connectivity index (χ3n) is 4.51. The van der Waals surface area contributed by atoms with Crippen molar-refractivity contribution in [2.45, 2.75) is 53.6 Å². The minimum absolute atomic E-state index is 0.303. The zero-order valence-corrected chi connectivity index (χ0v) is 16.9. The smallest absolute Gasteiger partial charge is 0.303 e. The van der Waals surface area contributed by atoms with Crippen LogP contribution in [0.1, 0.15) is 54.4 Å². The molecule has 144 valence electrons. The number of hydrogen-bond donors (Lipinski definition) is 0. The van der Waals surface area contributed by atoms with Crippen molar-refractivity contribution in [1.29, 1.82) is 0 Å². The predicted molar refractivity (Wildman–Crippen MR) is 105 cm³/mol. The van der Waals surface area contributed by atoms with E-state index in [1.165, 1.54) is 6.92 Å². The first kappa shape index (κ1) is 20.6. The number of ether oxygens (including phenoxy) is 2. The Morgan fingerprint density at radius 3 is 2.52 bits per heavy atom. The number of esters is 1. The molecule has 1 aromatic heterocycles. The van der Waals surface area contributed by atoms with Gasteiger partial charge in [0, 0.05) is 35.7 Å². The number of aldehydes is 1. The van der Waals surface area contributed by atoms with E-state index in [4.69, 9.17) is 9.47 Å². The summed E-state index contributed by atoms with van der Waals surface area (Å²) < 4.78 is 11.1. The van der Waals surface area contributed by atoms with E-state index in [9.17, 15) is 9.59 Å². The molecule has 0 N–H and O–H groups in total.